The lowest BCUT2D eigenvalue weighted by molar-refractivity contribution is -0.148. The third-order valence-electron chi connectivity index (χ3n) is 3.12. The minimum Gasteiger partial charge on any atom is -0.463 e. The van der Waals surface area contributed by atoms with E-state index in [4.69, 9.17) is 4.74 Å². The van der Waals surface area contributed by atoms with Gasteiger partial charge in [0.1, 0.15) is 5.78 Å². The van der Waals surface area contributed by atoms with Crippen LogP contribution in [0.1, 0.15) is 46.5 Å². The molecule has 0 saturated heterocycles. The van der Waals surface area contributed by atoms with Gasteiger partial charge in [0.15, 0.2) is 0 Å². The van der Waals surface area contributed by atoms with Crippen LogP contribution in [0.15, 0.2) is 12.2 Å². The van der Waals surface area contributed by atoms with Gasteiger partial charge in [0, 0.05) is 19.3 Å². The number of rotatable bonds is 5. The molecule has 0 radical (unpaired) electrons. The summed E-state index contributed by atoms with van der Waals surface area (Å²) in [7, 11) is 0. The average Bonchev–Trinajstić information content (AvgIpc) is 2.54. The Morgan fingerprint density at radius 1 is 1.41 bits per heavy atom. The van der Waals surface area contributed by atoms with Crippen molar-refractivity contribution in [2.75, 3.05) is 0 Å². The van der Waals surface area contributed by atoms with Crippen molar-refractivity contribution in [2.24, 2.45) is 11.8 Å². The van der Waals surface area contributed by atoms with Gasteiger partial charge in [-0.2, -0.15) is 0 Å². The summed E-state index contributed by atoms with van der Waals surface area (Å²) in [6, 6.07) is 0. The van der Waals surface area contributed by atoms with E-state index in [9.17, 15) is 9.59 Å². The molecule has 1 aliphatic carbocycles. The molecule has 0 N–H and O–H groups in total. The molecule has 3 nitrogen and oxygen atoms in total. The highest BCUT2D eigenvalue weighted by atomic mass is 16.5. The SMILES string of the molecule is CC=CCC1CC(=O)CC1CC(=O)OC(C)C. The second-order valence-electron chi connectivity index (χ2n) is 5.01. The smallest absolute Gasteiger partial charge is 0.306 e. The van der Waals surface area contributed by atoms with Crippen LogP contribution in [0.5, 0.6) is 0 Å². The van der Waals surface area contributed by atoms with Crippen molar-refractivity contribution in [3.8, 4) is 0 Å². The monoisotopic (exact) mass is 238 g/mol. The number of Topliss-reactive ketones (excluding diaryl/α,β-unsaturated/α-hetero) is 1. The summed E-state index contributed by atoms with van der Waals surface area (Å²) in [6.45, 7) is 5.66. The lowest BCUT2D eigenvalue weighted by Gasteiger charge is -2.17. The Morgan fingerprint density at radius 3 is 2.65 bits per heavy atom. The summed E-state index contributed by atoms with van der Waals surface area (Å²) in [5.41, 5.74) is 0. The van der Waals surface area contributed by atoms with Crippen LogP contribution in [-0.2, 0) is 14.3 Å². The molecule has 96 valence electrons. The van der Waals surface area contributed by atoms with Gasteiger partial charge in [-0.1, -0.05) is 12.2 Å². The maximum atomic E-state index is 11.6. The lowest BCUT2D eigenvalue weighted by atomic mass is 9.90. The van der Waals surface area contributed by atoms with E-state index in [1.54, 1.807) is 0 Å². The largest absolute Gasteiger partial charge is 0.463 e. The molecule has 0 spiro atoms. The van der Waals surface area contributed by atoms with E-state index in [1.807, 2.05) is 26.8 Å². The van der Waals surface area contributed by atoms with Crippen LogP contribution in [0.3, 0.4) is 0 Å². The second kappa shape index (κ2) is 6.58. The summed E-state index contributed by atoms with van der Waals surface area (Å²) in [5, 5.41) is 0. The fourth-order valence-electron chi connectivity index (χ4n) is 2.35. The standard InChI is InChI=1S/C14H22O3/c1-4-5-6-11-7-13(15)8-12(11)9-14(16)17-10(2)3/h4-5,10-12H,6-9H2,1-3H3. The Bertz CT molecular complexity index is 305. The molecule has 0 aliphatic heterocycles. The minimum absolute atomic E-state index is 0.0754. The maximum absolute atomic E-state index is 11.6. The molecule has 2 unspecified atom stereocenters. The Balaban J connectivity index is 2.49. The molecular weight excluding hydrogens is 216 g/mol. The zero-order valence-electron chi connectivity index (χ0n) is 10.9. The van der Waals surface area contributed by atoms with E-state index < -0.39 is 0 Å². The molecule has 1 fully saturated rings. The summed E-state index contributed by atoms with van der Waals surface area (Å²) in [4.78, 5) is 23.0. The van der Waals surface area contributed by atoms with Gasteiger partial charge in [-0.05, 0) is 39.0 Å². The van der Waals surface area contributed by atoms with Crippen molar-refractivity contribution in [3.05, 3.63) is 12.2 Å². The molecule has 1 aliphatic rings. The van der Waals surface area contributed by atoms with Gasteiger partial charge in [0.05, 0.1) is 6.10 Å². The minimum atomic E-state index is -0.176. The number of carbonyl (C=O) groups is 2. The number of allylic oxidation sites excluding steroid dienone is 2. The fraction of sp³-hybridized carbons (Fsp3) is 0.714. The number of hydrogen-bond donors (Lipinski definition) is 0. The molecule has 0 aromatic carbocycles. The van der Waals surface area contributed by atoms with Crippen molar-refractivity contribution >= 4 is 11.8 Å². The van der Waals surface area contributed by atoms with Crippen LogP contribution in [0.4, 0.5) is 0 Å². The number of ether oxygens (including phenoxy) is 1. The zero-order chi connectivity index (χ0) is 12.8. The fourth-order valence-corrected chi connectivity index (χ4v) is 2.35. The van der Waals surface area contributed by atoms with Crippen LogP contribution in [0, 0.1) is 11.8 Å². The molecule has 3 heteroatoms. The van der Waals surface area contributed by atoms with E-state index in [2.05, 4.69) is 6.08 Å². The lowest BCUT2D eigenvalue weighted by Crippen LogP contribution is -2.18. The van der Waals surface area contributed by atoms with Crippen LogP contribution in [0.25, 0.3) is 0 Å². The number of hydrogen-bond acceptors (Lipinski definition) is 3. The number of esters is 1. The Hall–Kier alpha value is -1.12. The van der Waals surface area contributed by atoms with Gasteiger partial charge < -0.3 is 4.74 Å². The molecule has 2 atom stereocenters. The van der Waals surface area contributed by atoms with Gasteiger partial charge in [-0.3, -0.25) is 9.59 Å². The maximum Gasteiger partial charge on any atom is 0.306 e. The van der Waals surface area contributed by atoms with E-state index >= 15 is 0 Å². The second-order valence-corrected chi connectivity index (χ2v) is 5.01. The molecule has 0 heterocycles. The molecule has 1 rings (SSSR count). The third-order valence-corrected chi connectivity index (χ3v) is 3.12. The van der Waals surface area contributed by atoms with Crippen LogP contribution in [0.2, 0.25) is 0 Å². The average molecular weight is 238 g/mol. The van der Waals surface area contributed by atoms with Gasteiger partial charge in [0.2, 0.25) is 0 Å². The van der Waals surface area contributed by atoms with E-state index in [-0.39, 0.29) is 23.8 Å². The highest BCUT2D eigenvalue weighted by Crippen LogP contribution is 2.34. The first kappa shape index (κ1) is 13.9. The van der Waals surface area contributed by atoms with Gasteiger partial charge >= 0.3 is 5.97 Å². The first-order valence-electron chi connectivity index (χ1n) is 6.35. The Labute approximate surface area is 103 Å². The Kier molecular flexibility index (Phi) is 5.39. The van der Waals surface area contributed by atoms with Crippen molar-refractivity contribution < 1.29 is 14.3 Å². The summed E-state index contributed by atoms with van der Waals surface area (Å²) >= 11 is 0. The van der Waals surface area contributed by atoms with E-state index in [0.717, 1.165) is 6.42 Å². The van der Waals surface area contributed by atoms with Crippen LogP contribution >= 0.6 is 0 Å². The normalized spacial score (nSPS) is 24.8. The topological polar surface area (TPSA) is 43.4 Å². The number of ketones is 1. The molecule has 0 aromatic rings. The highest BCUT2D eigenvalue weighted by Gasteiger charge is 2.33. The van der Waals surface area contributed by atoms with Crippen molar-refractivity contribution in [1.82, 2.24) is 0 Å². The Morgan fingerprint density at radius 2 is 2.06 bits per heavy atom. The predicted molar refractivity (Wildman–Crippen MR) is 66.5 cm³/mol. The zero-order valence-corrected chi connectivity index (χ0v) is 10.9. The molecule has 0 amide bonds. The summed E-state index contributed by atoms with van der Waals surface area (Å²) < 4.78 is 5.13. The van der Waals surface area contributed by atoms with E-state index in [0.29, 0.717) is 25.2 Å². The molecule has 0 aromatic heterocycles. The van der Waals surface area contributed by atoms with Crippen LogP contribution < -0.4 is 0 Å². The molecule has 1 saturated carbocycles. The van der Waals surface area contributed by atoms with Gasteiger partial charge in [-0.15, -0.1) is 0 Å². The predicted octanol–water partition coefficient (Wildman–Crippen LogP) is 2.89. The molecule has 17 heavy (non-hydrogen) atoms. The number of carbonyl (C=O) groups excluding carboxylic acids is 2. The van der Waals surface area contributed by atoms with Gasteiger partial charge in [0.25, 0.3) is 0 Å². The highest BCUT2D eigenvalue weighted by molar-refractivity contribution is 5.82. The van der Waals surface area contributed by atoms with Crippen LogP contribution in [-0.4, -0.2) is 17.9 Å². The summed E-state index contributed by atoms with van der Waals surface area (Å²) in [5.74, 6) is 0.593. The first-order valence-corrected chi connectivity index (χ1v) is 6.35. The molecule has 0 bridgehead atoms. The van der Waals surface area contributed by atoms with E-state index in [1.165, 1.54) is 0 Å². The van der Waals surface area contributed by atoms with Crippen molar-refractivity contribution in [2.45, 2.75) is 52.6 Å². The van der Waals surface area contributed by atoms with Gasteiger partial charge in [-0.25, -0.2) is 0 Å². The van der Waals surface area contributed by atoms with Crippen molar-refractivity contribution in [3.63, 3.8) is 0 Å². The van der Waals surface area contributed by atoms with Crippen molar-refractivity contribution in [1.29, 1.82) is 0 Å². The first-order chi connectivity index (χ1) is 8.02. The summed E-state index contributed by atoms with van der Waals surface area (Å²) in [6.07, 6.45) is 6.41. The quantitative estimate of drug-likeness (QED) is 0.546. The molecular formula is C14H22O3. The third kappa shape index (κ3) is 4.72.